The molecule has 3 heterocycles. The average Bonchev–Trinajstić information content (AvgIpc) is 3.47. The molecule has 2 fully saturated rings. The highest BCUT2D eigenvalue weighted by atomic mass is 16.5. The number of rotatable bonds is 7. The number of carbonyl (C=O) groups is 4. The number of ketones is 1. The van der Waals surface area contributed by atoms with Crippen LogP contribution in [0.3, 0.4) is 0 Å². The van der Waals surface area contributed by atoms with Crippen LogP contribution in [0.2, 0.25) is 0 Å². The van der Waals surface area contributed by atoms with E-state index in [1.54, 1.807) is 50.5 Å². The molecule has 5 atom stereocenters. The Morgan fingerprint density at radius 2 is 1.75 bits per heavy atom. The molecule has 2 saturated heterocycles. The van der Waals surface area contributed by atoms with Crippen LogP contribution >= 0.6 is 0 Å². The lowest BCUT2D eigenvalue weighted by molar-refractivity contribution is -0.134. The number of amides is 3. The van der Waals surface area contributed by atoms with Crippen LogP contribution in [0.4, 0.5) is 5.69 Å². The van der Waals surface area contributed by atoms with Crippen molar-refractivity contribution in [3.8, 4) is 5.75 Å². The third-order valence-electron chi connectivity index (χ3n) is 7.88. The van der Waals surface area contributed by atoms with Gasteiger partial charge in [0.2, 0.25) is 17.7 Å². The zero-order chi connectivity index (χ0) is 29.0. The summed E-state index contributed by atoms with van der Waals surface area (Å²) in [5.41, 5.74) is -1.32. The van der Waals surface area contributed by atoms with Crippen LogP contribution in [0.25, 0.3) is 0 Å². The Hall–Kier alpha value is -3.98. The van der Waals surface area contributed by atoms with Crippen molar-refractivity contribution >= 4 is 29.2 Å². The molecule has 5 rings (SSSR count). The van der Waals surface area contributed by atoms with Crippen molar-refractivity contribution < 1.29 is 28.7 Å². The summed E-state index contributed by atoms with van der Waals surface area (Å²) < 4.78 is 11.8. The number of ether oxygens (including phenoxy) is 2. The fraction of sp³-hybridized carbons (Fsp3) is 0.419. The van der Waals surface area contributed by atoms with E-state index < -0.39 is 46.4 Å². The largest absolute Gasteiger partial charge is 0.497 e. The molecule has 1 spiro atoms. The van der Waals surface area contributed by atoms with Crippen molar-refractivity contribution in [1.29, 1.82) is 0 Å². The van der Waals surface area contributed by atoms with Gasteiger partial charge in [-0.15, -0.1) is 0 Å². The summed E-state index contributed by atoms with van der Waals surface area (Å²) in [7, 11) is 1.59. The van der Waals surface area contributed by atoms with Crippen LogP contribution < -0.4 is 20.3 Å². The number of Topliss-reactive ketones (excluding diaryl/α,β-unsaturated/α-hetero) is 1. The second-order valence-electron chi connectivity index (χ2n) is 12.0. The Labute approximate surface area is 233 Å². The molecule has 2 aromatic carbocycles. The van der Waals surface area contributed by atoms with Crippen LogP contribution in [0, 0.1) is 11.8 Å². The maximum atomic E-state index is 14.3. The fourth-order valence-corrected chi connectivity index (χ4v) is 6.17. The number of hydrogen-bond donors (Lipinski definition) is 2. The predicted octanol–water partition coefficient (Wildman–Crippen LogP) is 3.17. The quantitative estimate of drug-likeness (QED) is 0.408. The first-order chi connectivity index (χ1) is 18.8. The molecule has 0 saturated carbocycles. The molecule has 0 unspecified atom stereocenters. The Morgan fingerprint density at radius 3 is 2.38 bits per heavy atom. The van der Waals surface area contributed by atoms with Crippen LogP contribution in [0.1, 0.15) is 50.5 Å². The van der Waals surface area contributed by atoms with Crippen LogP contribution in [-0.2, 0) is 25.7 Å². The Bertz CT molecular complexity index is 1410. The summed E-state index contributed by atoms with van der Waals surface area (Å²) >= 11 is 0. The molecule has 0 aromatic heterocycles. The smallest absolute Gasteiger partial charge is 0.246 e. The second kappa shape index (κ2) is 9.59. The van der Waals surface area contributed by atoms with Gasteiger partial charge in [0.1, 0.15) is 17.4 Å². The van der Waals surface area contributed by atoms with E-state index in [1.165, 1.54) is 11.8 Å². The minimum atomic E-state index is -1.35. The van der Waals surface area contributed by atoms with Gasteiger partial charge in [0, 0.05) is 23.3 Å². The molecule has 3 aliphatic rings. The van der Waals surface area contributed by atoms with Gasteiger partial charge in [-0.3, -0.25) is 24.1 Å². The van der Waals surface area contributed by atoms with Crippen LogP contribution in [-0.4, -0.2) is 53.4 Å². The minimum absolute atomic E-state index is 0.164. The molecular formula is C31H35N3O6. The summed E-state index contributed by atoms with van der Waals surface area (Å²) in [6.45, 7) is 9.05. The maximum absolute atomic E-state index is 14.3. The molecule has 0 radical (unpaired) electrons. The van der Waals surface area contributed by atoms with E-state index in [1.807, 2.05) is 45.0 Å². The van der Waals surface area contributed by atoms with Gasteiger partial charge in [-0.05, 0) is 64.4 Å². The molecule has 0 aliphatic carbocycles. The number of anilines is 1. The van der Waals surface area contributed by atoms with Gasteiger partial charge in [0.25, 0.3) is 0 Å². The van der Waals surface area contributed by atoms with E-state index in [4.69, 9.17) is 9.47 Å². The number of carbonyl (C=O) groups excluding carboxylic acids is 4. The van der Waals surface area contributed by atoms with Crippen molar-refractivity contribution in [3.05, 3.63) is 71.8 Å². The molecule has 9 nitrogen and oxygen atoms in total. The van der Waals surface area contributed by atoms with E-state index in [0.717, 1.165) is 5.56 Å². The first-order valence-electron chi connectivity index (χ1n) is 13.4. The van der Waals surface area contributed by atoms with Crippen molar-refractivity contribution in [1.82, 2.24) is 10.6 Å². The molecule has 3 amide bonds. The first kappa shape index (κ1) is 27.6. The zero-order valence-electron chi connectivity index (χ0n) is 23.6. The summed E-state index contributed by atoms with van der Waals surface area (Å²) in [5, 5.41) is 5.97. The van der Waals surface area contributed by atoms with E-state index in [-0.39, 0.29) is 18.2 Å². The van der Waals surface area contributed by atoms with Gasteiger partial charge in [0.05, 0.1) is 24.5 Å². The van der Waals surface area contributed by atoms with Crippen molar-refractivity contribution in [2.75, 3.05) is 12.0 Å². The molecule has 40 heavy (non-hydrogen) atoms. The van der Waals surface area contributed by atoms with Crippen molar-refractivity contribution in [2.45, 2.75) is 63.9 Å². The normalized spacial score (nSPS) is 28.4. The minimum Gasteiger partial charge on any atom is -0.497 e. The van der Waals surface area contributed by atoms with E-state index in [9.17, 15) is 19.2 Å². The Morgan fingerprint density at radius 1 is 1.05 bits per heavy atom. The highest BCUT2D eigenvalue weighted by molar-refractivity contribution is 6.11. The van der Waals surface area contributed by atoms with E-state index in [2.05, 4.69) is 10.6 Å². The molecule has 3 aliphatic heterocycles. The summed E-state index contributed by atoms with van der Waals surface area (Å²) in [5.74, 6) is -2.39. The predicted molar refractivity (Wildman–Crippen MR) is 149 cm³/mol. The molecule has 2 aromatic rings. The summed E-state index contributed by atoms with van der Waals surface area (Å²) in [4.78, 5) is 55.5. The first-order valence-corrected chi connectivity index (χ1v) is 13.4. The Kier molecular flexibility index (Phi) is 6.61. The second-order valence-corrected chi connectivity index (χ2v) is 12.0. The van der Waals surface area contributed by atoms with Gasteiger partial charge in [-0.1, -0.05) is 36.4 Å². The lowest BCUT2D eigenvalue weighted by Gasteiger charge is -2.35. The monoisotopic (exact) mass is 545 g/mol. The number of benzene rings is 2. The molecular weight excluding hydrogens is 510 g/mol. The van der Waals surface area contributed by atoms with Crippen LogP contribution in [0.5, 0.6) is 5.75 Å². The summed E-state index contributed by atoms with van der Waals surface area (Å²) in [6, 6.07) is 12.9. The fourth-order valence-electron chi connectivity index (χ4n) is 6.17. The topological polar surface area (TPSA) is 114 Å². The Balaban J connectivity index is 1.52. The standard InChI is InChI=1S/C31H35N3O6/c1-18(35)20-8-7-9-21(16-20)34-25(27(37)33-29(2,3)4)31-15-14-30(5,40-31)23(24(31)28(34)38)26(36)32-17-19-10-12-22(39-6)13-11-19/h7-16,23-25H,17H2,1-6H3,(H,32,36)(H,33,37)/t23-,24+,25-,30+,31-/m0/s1. The van der Waals surface area contributed by atoms with Gasteiger partial charge in [-0.25, -0.2) is 0 Å². The highest BCUT2D eigenvalue weighted by Crippen LogP contribution is 2.60. The number of nitrogens with one attached hydrogen (secondary N) is 2. The number of nitrogens with zero attached hydrogens (tertiary/aromatic N) is 1. The van der Waals surface area contributed by atoms with Gasteiger partial charge in [-0.2, -0.15) is 0 Å². The molecule has 210 valence electrons. The van der Waals surface area contributed by atoms with Gasteiger partial charge < -0.3 is 20.1 Å². The molecule has 2 bridgehead atoms. The van der Waals surface area contributed by atoms with Crippen LogP contribution in [0.15, 0.2) is 60.7 Å². The average molecular weight is 546 g/mol. The highest BCUT2D eigenvalue weighted by Gasteiger charge is 2.76. The third-order valence-corrected chi connectivity index (χ3v) is 7.88. The number of methoxy groups -OCH3 is 1. The van der Waals surface area contributed by atoms with Crippen molar-refractivity contribution in [3.63, 3.8) is 0 Å². The SMILES string of the molecule is COc1ccc(CNC(=O)[C@@H]2[C@@H]3C(=O)N(c4cccc(C(C)=O)c4)[C@@H](C(=O)NC(C)(C)C)[C@]34C=C[C@@]2(C)O4)cc1. The zero-order valence-corrected chi connectivity index (χ0v) is 23.6. The lowest BCUT2D eigenvalue weighted by atomic mass is 9.70. The number of fused-ring (bicyclic) bond motifs is 1. The van der Waals surface area contributed by atoms with E-state index in [0.29, 0.717) is 17.0 Å². The molecule has 9 heteroatoms. The van der Waals surface area contributed by atoms with Gasteiger partial charge in [0.15, 0.2) is 5.78 Å². The summed E-state index contributed by atoms with van der Waals surface area (Å²) in [6.07, 6.45) is 3.56. The van der Waals surface area contributed by atoms with Gasteiger partial charge >= 0.3 is 0 Å². The number of hydrogen-bond acceptors (Lipinski definition) is 6. The third kappa shape index (κ3) is 4.48. The maximum Gasteiger partial charge on any atom is 0.246 e. The van der Waals surface area contributed by atoms with E-state index >= 15 is 0 Å². The lowest BCUT2D eigenvalue weighted by Crippen LogP contribution is -2.58. The molecule has 2 N–H and O–H groups in total. The van der Waals surface area contributed by atoms with Crippen molar-refractivity contribution in [2.24, 2.45) is 11.8 Å².